The molecule has 1 amide bonds. The van der Waals surface area contributed by atoms with Gasteiger partial charge in [-0.05, 0) is 41.5 Å². The third kappa shape index (κ3) is 3.76. The first-order valence-electron chi connectivity index (χ1n) is 8.84. The smallest absolute Gasteiger partial charge is 0.368 e. The lowest BCUT2D eigenvalue weighted by atomic mass is 10.2. The Kier molecular flexibility index (Phi) is 4.85. The molecule has 0 saturated carbocycles. The number of fused-ring (bicyclic) bond motifs is 1. The Balaban J connectivity index is 1.43. The van der Waals surface area contributed by atoms with Gasteiger partial charge in [-0.1, -0.05) is 21.7 Å². The SMILES string of the molecule is O=C(Nc1cccc(CNc2ccc3ncc([N+](=O)[O-])n3n2)c1)[C@H]1CCCO1. The molecule has 2 N–H and O–H groups in total. The molecule has 1 aliphatic rings. The van der Waals surface area contributed by atoms with E-state index in [9.17, 15) is 14.9 Å². The van der Waals surface area contributed by atoms with Gasteiger partial charge in [0.05, 0.1) is 0 Å². The van der Waals surface area contributed by atoms with Gasteiger partial charge in [-0.2, -0.15) is 0 Å². The quantitative estimate of drug-likeness (QED) is 0.495. The molecule has 1 saturated heterocycles. The molecule has 1 fully saturated rings. The van der Waals surface area contributed by atoms with Gasteiger partial charge in [-0.15, -0.1) is 0 Å². The van der Waals surface area contributed by atoms with Crippen molar-refractivity contribution < 1.29 is 14.5 Å². The summed E-state index contributed by atoms with van der Waals surface area (Å²) in [7, 11) is 0. The number of hydrogen-bond acceptors (Lipinski definition) is 7. The minimum atomic E-state index is -0.531. The van der Waals surface area contributed by atoms with Crippen LogP contribution in [0.5, 0.6) is 0 Å². The summed E-state index contributed by atoms with van der Waals surface area (Å²) in [6, 6.07) is 10.8. The Morgan fingerprint density at radius 3 is 3.04 bits per heavy atom. The van der Waals surface area contributed by atoms with E-state index in [1.165, 1.54) is 10.7 Å². The minimum absolute atomic E-state index is 0.137. The zero-order chi connectivity index (χ0) is 19.5. The fourth-order valence-corrected chi connectivity index (χ4v) is 3.04. The number of nitrogens with one attached hydrogen (secondary N) is 2. The summed E-state index contributed by atoms with van der Waals surface area (Å²) in [6.07, 6.45) is 2.42. The number of hydrogen-bond donors (Lipinski definition) is 2. The first kappa shape index (κ1) is 17.9. The van der Waals surface area contributed by atoms with E-state index in [1.807, 2.05) is 24.3 Å². The topological polar surface area (TPSA) is 124 Å². The van der Waals surface area contributed by atoms with E-state index >= 15 is 0 Å². The minimum Gasteiger partial charge on any atom is -0.368 e. The van der Waals surface area contributed by atoms with E-state index in [-0.39, 0.29) is 17.8 Å². The van der Waals surface area contributed by atoms with E-state index in [2.05, 4.69) is 20.7 Å². The van der Waals surface area contributed by atoms with Crippen molar-refractivity contribution in [3.8, 4) is 0 Å². The van der Waals surface area contributed by atoms with Crippen molar-refractivity contribution in [1.82, 2.24) is 14.6 Å². The van der Waals surface area contributed by atoms with Gasteiger partial charge in [0.1, 0.15) is 12.3 Å². The number of carbonyl (C=O) groups excluding carboxylic acids is 1. The highest BCUT2D eigenvalue weighted by molar-refractivity contribution is 5.94. The molecule has 144 valence electrons. The van der Waals surface area contributed by atoms with Crippen molar-refractivity contribution in [2.75, 3.05) is 17.2 Å². The highest BCUT2D eigenvalue weighted by Gasteiger charge is 2.23. The molecule has 3 aromatic rings. The second-order valence-corrected chi connectivity index (χ2v) is 6.41. The molecule has 0 radical (unpaired) electrons. The Labute approximate surface area is 159 Å². The lowest BCUT2D eigenvalue weighted by Gasteiger charge is -2.11. The second kappa shape index (κ2) is 7.61. The molecule has 10 heteroatoms. The standard InChI is InChI=1S/C18H18N6O4/c25-18(14-5-2-8-28-14)21-13-4-1-3-12(9-13)10-19-15-6-7-16-20-11-17(24(26)27)23(16)22-15/h1,3-4,6-7,9,11,14H,2,5,8,10H2,(H,19,22)(H,21,25)/t14-/m1/s1. The van der Waals surface area contributed by atoms with Crippen LogP contribution in [0.3, 0.4) is 0 Å². The fraction of sp³-hybridized carbons (Fsp3) is 0.278. The highest BCUT2D eigenvalue weighted by Crippen LogP contribution is 2.18. The first-order chi connectivity index (χ1) is 13.6. The molecule has 1 aliphatic heterocycles. The number of amides is 1. The normalized spacial score (nSPS) is 16.2. The van der Waals surface area contributed by atoms with Crippen molar-refractivity contribution in [3.05, 3.63) is 58.3 Å². The second-order valence-electron chi connectivity index (χ2n) is 6.41. The number of carbonyl (C=O) groups is 1. The summed E-state index contributed by atoms with van der Waals surface area (Å²) < 4.78 is 6.57. The van der Waals surface area contributed by atoms with Gasteiger partial charge in [0.2, 0.25) is 5.65 Å². The van der Waals surface area contributed by atoms with Crippen molar-refractivity contribution >= 4 is 28.9 Å². The van der Waals surface area contributed by atoms with Gasteiger partial charge in [-0.25, -0.2) is 4.98 Å². The predicted octanol–water partition coefficient (Wildman–Crippen LogP) is 2.37. The van der Waals surface area contributed by atoms with Crippen LogP contribution in [-0.2, 0) is 16.1 Å². The lowest BCUT2D eigenvalue weighted by molar-refractivity contribution is -0.391. The number of anilines is 2. The maximum Gasteiger partial charge on any atom is 0.368 e. The molecule has 1 atom stereocenters. The Morgan fingerprint density at radius 1 is 1.36 bits per heavy atom. The first-order valence-corrected chi connectivity index (χ1v) is 8.84. The fourth-order valence-electron chi connectivity index (χ4n) is 3.04. The molecule has 28 heavy (non-hydrogen) atoms. The lowest BCUT2D eigenvalue weighted by Crippen LogP contribution is -2.26. The molecule has 10 nitrogen and oxygen atoms in total. The van der Waals surface area contributed by atoms with E-state index in [4.69, 9.17) is 4.74 Å². The van der Waals surface area contributed by atoms with Crippen LogP contribution in [0, 0.1) is 10.1 Å². The summed E-state index contributed by atoms with van der Waals surface area (Å²) in [6.45, 7) is 1.05. The zero-order valence-electron chi connectivity index (χ0n) is 14.9. The molecule has 0 spiro atoms. The largest absolute Gasteiger partial charge is 0.368 e. The number of rotatable bonds is 6. The summed E-state index contributed by atoms with van der Waals surface area (Å²) >= 11 is 0. The van der Waals surface area contributed by atoms with Gasteiger partial charge < -0.3 is 25.5 Å². The van der Waals surface area contributed by atoms with Gasteiger partial charge in [0.25, 0.3) is 5.91 Å². The van der Waals surface area contributed by atoms with Crippen molar-refractivity contribution in [3.63, 3.8) is 0 Å². The van der Waals surface area contributed by atoms with Crippen LogP contribution >= 0.6 is 0 Å². The number of imidazole rings is 1. The van der Waals surface area contributed by atoms with E-state index in [0.29, 0.717) is 30.3 Å². The number of nitrogens with zero attached hydrogens (tertiary/aromatic N) is 4. The van der Waals surface area contributed by atoms with Crippen molar-refractivity contribution in [1.29, 1.82) is 0 Å². The molecular formula is C18H18N6O4. The van der Waals surface area contributed by atoms with Crippen LogP contribution in [0.1, 0.15) is 18.4 Å². The number of benzene rings is 1. The van der Waals surface area contributed by atoms with Crippen LogP contribution in [0.25, 0.3) is 5.65 Å². The van der Waals surface area contributed by atoms with E-state index in [1.54, 1.807) is 12.1 Å². The Morgan fingerprint density at radius 2 is 2.25 bits per heavy atom. The number of ether oxygens (including phenoxy) is 1. The van der Waals surface area contributed by atoms with Gasteiger partial charge in [0.15, 0.2) is 5.82 Å². The third-order valence-corrected chi connectivity index (χ3v) is 4.42. The maximum absolute atomic E-state index is 12.2. The number of nitro groups is 1. The summed E-state index contributed by atoms with van der Waals surface area (Å²) in [5.74, 6) is 0.141. The van der Waals surface area contributed by atoms with Crippen LogP contribution in [0.15, 0.2) is 42.6 Å². The average Bonchev–Trinajstić information content (AvgIpc) is 3.36. The van der Waals surface area contributed by atoms with Crippen LogP contribution in [0.2, 0.25) is 0 Å². The van der Waals surface area contributed by atoms with Crippen LogP contribution < -0.4 is 10.6 Å². The predicted molar refractivity (Wildman–Crippen MR) is 101 cm³/mol. The monoisotopic (exact) mass is 382 g/mol. The van der Waals surface area contributed by atoms with Crippen molar-refractivity contribution in [2.24, 2.45) is 0 Å². The molecule has 3 heterocycles. The van der Waals surface area contributed by atoms with E-state index in [0.717, 1.165) is 18.4 Å². The Bertz CT molecular complexity index is 1030. The van der Waals surface area contributed by atoms with Gasteiger partial charge in [0, 0.05) is 24.9 Å². The maximum atomic E-state index is 12.2. The van der Waals surface area contributed by atoms with Crippen LogP contribution in [-0.4, -0.2) is 38.1 Å². The molecule has 2 aromatic heterocycles. The Hall–Kier alpha value is -3.53. The summed E-state index contributed by atoms with van der Waals surface area (Å²) in [5, 5.41) is 21.2. The molecule has 0 unspecified atom stereocenters. The summed E-state index contributed by atoms with van der Waals surface area (Å²) in [4.78, 5) is 26.6. The molecule has 4 rings (SSSR count). The third-order valence-electron chi connectivity index (χ3n) is 4.42. The highest BCUT2D eigenvalue weighted by atomic mass is 16.6. The van der Waals surface area contributed by atoms with Crippen molar-refractivity contribution in [2.45, 2.75) is 25.5 Å². The molecule has 1 aromatic carbocycles. The van der Waals surface area contributed by atoms with Gasteiger partial charge in [-0.3, -0.25) is 4.79 Å². The average molecular weight is 382 g/mol. The number of aromatic nitrogens is 3. The molecule has 0 aliphatic carbocycles. The molecule has 0 bridgehead atoms. The van der Waals surface area contributed by atoms with E-state index < -0.39 is 4.92 Å². The molecular weight excluding hydrogens is 364 g/mol. The summed E-state index contributed by atoms with van der Waals surface area (Å²) in [5.41, 5.74) is 2.01. The van der Waals surface area contributed by atoms with Crippen LogP contribution in [0.4, 0.5) is 17.3 Å². The zero-order valence-corrected chi connectivity index (χ0v) is 14.9. The van der Waals surface area contributed by atoms with Gasteiger partial charge >= 0.3 is 5.82 Å².